The Morgan fingerprint density at radius 2 is 1.42 bits per heavy atom. The highest BCUT2D eigenvalue weighted by molar-refractivity contribution is 6.23. The standard InChI is InChI=1S/C20H17NO3/c21-17-16-12-7-6-10-3-1-2-9-4-5-11(15(12)14(9)10)8-13(16)18(22)20(24)19(17)23/h1-8,17-20,22-24H,21H2/t17-,18+,19+,20-/m0/s1. The van der Waals surface area contributed by atoms with Gasteiger partial charge in [-0.1, -0.05) is 42.5 Å². The van der Waals surface area contributed by atoms with E-state index in [2.05, 4.69) is 18.2 Å². The van der Waals surface area contributed by atoms with Gasteiger partial charge in [-0.05, 0) is 49.5 Å². The van der Waals surface area contributed by atoms with E-state index in [9.17, 15) is 15.3 Å². The van der Waals surface area contributed by atoms with Crippen molar-refractivity contribution in [1.82, 2.24) is 0 Å². The molecule has 0 unspecified atom stereocenters. The van der Waals surface area contributed by atoms with Crippen LogP contribution in [0.15, 0.2) is 48.5 Å². The third-order valence-electron chi connectivity index (χ3n) is 5.41. The Bertz CT molecular complexity index is 1070. The number of benzene rings is 4. The van der Waals surface area contributed by atoms with Crippen LogP contribution in [0.4, 0.5) is 0 Å². The molecular formula is C20H17NO3. The first-order chi connectivity index (χ1) is 11.6. The molecule has 4 aromatic rings. The molecule has 1 aliphatic carbocycles. The molecule has 5 rings (SSSR count). The van der Waals surface area contributed by atoms with E-state index in [1.807, 2.05) is 30.3 Å². The molecule has 24 heavy (non-hydrogen) atoms. The summed E-state index contributed by atoms with van der Waals surface area (Å²) >= 11 is 0. The van der Waals surface area contributed by atoms with Crippen LogP contribution in [0.25, 0.3) is 32.3 Å². The van der Waals surface area contributed by atoms with Gasteiger partial charge in [-0.25, -0.2) is 0 Å². The molecule has 5 N–H and O–H groups in total. The van der Waals surface area contributed by atoms with Gasteiger partial charge in [0.2, 0.25) is 0 Å². The molecule has 0 spiro atoms. The highest BCUT2D eigenvalue weighted by Crippen LogP contribution is 2.44. The van der Waals surface area contributed by atoms with E-state index in [1.54, 1.807) is 0 Å². The monoisotopic (exact) mass is 319 g/mol. The Kier molecular flexibility index (Phi) is 2.74. The highest BCUT2D eigenvalue weighted by atomic mass is 16.4. The maximum absolute atomic E-state index is 10.4. The number of hydrogen-bond donors (Lipinski definition) is 4. The van der Waals surface area contributed by atoms with Gasteiger partial charge >= 0.3 is 0 Å². The van der Waals surface area contributed by atoms with Crippen molar-refractivity contribution >= 4 is 32.3 Å². The van der Waals surface area contributed by atoms with Crippen molar-refractivity contribution < 1.29 is 15.3 Å². The van der Waals surface area contributed by atoms with Crippen molar-refractivity contribution in [1.29, 1.82) is 0 Å². The Morgan fingerprint density at radius 1 is 0.750 bits per heavy atom. The van der Waals surface area contributed by atoms with Crippen molar-refractivity contribution in [2.45, 2.75) is 24.4 Å². The number of rotatable bonds is 0. The molecule has 4 atom stereocenters. The van der Waals surface area contributed by atoms with E-state index >= 15 is 0 Å². The maximum Gasteiger partial charge on any atom is 0.112 e. The van der Waals surface area contributed by atoms with Crippen molar-refractivity contribution in [3.05, 3.63) is 59.7 Å². The second-order valence-corrected chi connectivity index (χ2v) is 6.69. The van der Waals surface area contributed by atoms with Crippen LogP contribution in [0.2, 0.25) is 0 Å². The SMILES string of the molecule is N[C@H]1c2c(cc3ccc4cccc5ccc2c3c45)[C@@H](O)[C@H](O)[C@@H]1O. The highest BCUT2D eigenvalue weighted by Gasteiger charge is 2.40. The minimum atomic E-state index is -1.28. The molecule has 4 aromatic carbocycles. The molecule has 0 saturated carbocycles. The summed E-state index contributed by atoms with van der Waals surface area (Å²) in [6.45, 7) is 0. The van der Waals surface area contributed by atoms with Gasteiger partial charge in [0.05, 0.1) is 6.04 Å². The summed E-state index contributed by atoms with van der Waals surface area (Å²) in [6, 6.07) is 15.5. The number of aliphatic hydroxyl groups excluding tert-OH is 3. The van der Waals surface area contributed by atoms with Gasteiger partial charge in [0.25, 0.3) is 0 Å². The molecule has 0 aromatic heterocycles. The quantitative estimate of drug-likeness (QED) is 0.375. The lowest BCUT2D eigenvalue weighted by atomic mass is 9.77. The third-order valence-corrected chi connectivity index (χ3v) is 5.41. The molecular weight excluding hydrogens is 302 g/mol. The van der Waals surface area contributed by atoms with Gasteiger partial charge in [0.1, 0.15) is 18.3 Å². The van der Waals surface area contributed by atoms with E-state index in [-0.39, 0.29) is 0 Å². The first kappa shape index (κ1) is 14.1. The Morgan fingerprint density at radius 3 is 2.17 bits per heavy atom. The second-order valence-electron chi connectivity index (χ2n) is 6.69. The van der Waals surface area contributed by atoms with Crippen molar-refractivity contribution in [3.8, 4) is 0 Å². The lowest BCUT2D eigenvalue weighted by Crippen LogP contribution is -2.45. The lowest BCUT2D eigenvalue weighted by Gasteiger charge is -2.36. The van der Waals surface area contributed by atoms with E-state index in [1.165, 1.54) is 0 Å². The van der Waals surface area contributed by atoms with Crippen molar-refractivity contribution in [2.24, 2.45) is 5.73 Å². The zero-order valence-corrected chi connectivity index (χ0v) is 12.8. The molecule has 0 fully saturated rings. The largest absolute Gasteiger partial charge is 0.388 e. The van der Waals surface area contributed by atoms with Crippen LogP contribution in [0, 0.1) is 0 Å². The van der Waals surface area contributed by atoms with Gasteiger partial charge < -0.3 is 21.1 Å². The van der Waals surface area contributed by atoms with Gasteiger partial charge in [-0.2, -0.15) is 0 Å². The zero-order valence-electron chi connectivity index (χ0n) is 12.8. The smallest absolute Gasteiger partial charge is 0.112 e. The number of aliphatic hydroxyl groups is 3. The van der Waals surface area contributed by atoms with Crippen LogP contribution < -0.4 is 5.73 Å². The summed E-state index contributed by atoms with van der Waals surface area (Å²) < 4.78 is 0. The molecule has 4 nitrogen and oxygen atoms in total. The summed E-state index contributed by atoms with van der Waals surface area (Å²) in [5, 5.41) is 37.2. The summed E-state index contributed by atoms with van der Waals surface area (Å²) in [5.74, 6) is 0. The Hall–Kier alpha value is -2.24. The fourth-order valence-corrected chi connectivity index (χ4v) is 4.23. The first-order valence-corrected chi connectivity index (χ1v) is 8.08. The number of fused-ring (bicyclic) bond motifs is 2. The molecule has 0 amide bonds. The average molecular weight is 319 g/mol. The fourth-order valence-electron chi connectivity index (χ4n) is 4.23. The second kappa shape index (κ2) is 4.65. The van der Waals surface area contributed by atoms with Crippen LogP contribution in [0.1, 0.15) is 23.3 Å². The first-order valence-electron chi connectivity index (χ1n) is 8.08. The Labute approximate surface area is 138 Å². The molecule has 1 aliphatic rings. The number of hydrogen-bond acceptors (Lipinski definition) is 4. The van der Waals surface area contributed by atoms with Crippen molar-refractivity contribution in [2.75, 3.05) is 0 Å². The van der Waals surface area contributed by atoms with Gasteiger partial charge in [0, 0.05) is 0 Å². The third kappa shape index (κ3) is 1.61. The molecule has 0 bridgehead atoms. The van der Waals surface area contributed by atoms with Crippen LogP contribution in [-0.4, -0.2) is 27.5 Å². The predicted molar refractivity (Wildman–Crippen MR) is 94.0 cm³/mol. The summed E-state index contributed by atoms with van der Waals surface area (Å²) in [7, 11) is 0. The topological polar surface area (TPSA) is 86.7 Å². The maximum atomic E-state index is 10.4. The lowest BCUT2D eigenvalue weighted by molar-refractivity contribution is -0.0793. The molecule has 4 heteroatoms. The Balaban J connectivity index is 2.01. The minimum Gasteiger partial charge on any atom is -0.388 e. The molecule has 0 aliphatic heterocycles. The zero-order chi connectivity index (χ0) is 16.6. The summed E-state index contributed by atoms with van der Waals surface area (Å²) in [6.07, 6.45) is -3.61. The average Bonchev–Trinajstić information content (AvgIpc) is 2.62. The molecule has 0 heterocycles. The van der Waals surface area contributed by atoms with Crippen LogP contribution in [0.5, 0.6) is 0 Å². The minimum absolute atomic E-state index is 0.603. The number of nitrogens with two attached hydrogens (primary N) is 1. The normalized spacial score (nSPS) is 27.2. The molecule has 0 saturated heterocycles. The summed E-state index contributed by atoms with van der Waals surface area (Å²) in [5.41, 5.74) is 7.55. The fraction of sp³-hybridized carbons (Fsp3) is 0.200. The van der Waals surface area contributed by atoms with E-state index in [4.69, 9.17) is 5.73 Å². The molecule has 0 radical (unpaired) electrons. The van der Waals surface area contributed by atoms with Crippen molar-refractivity contribution in [3.63, 3.8) is 0 Å². The van der Waals surface area contributed by atoms with Crippen LogP contribution >= 0.6 is 0 Å². The van der Waals surface area contributed by atoms with E-state index in [0.29, 0.717) is 5.56 Å². The van der Waals surface area contributed by atoms with E-state index < -0.39 is 24.4 Å². The van der Waals surface area contributed by atoms with Crippen LogP contribution in [0.3, 0.4) is 0 Å². The molecule has 120 valence electrons. The predicted octanol–water partition coefficient (Wildman–Crippen LogP) is 2.35. The summed E-state index contributed by atoms with van der Waals surface area (Å²) in [4.78, 5) is 0. The van der Waals surface area contributed by atoms with Gasteiger partial charge in [0.15, 0.2) is 0 Å². The van der Waals surface area contributed by atoms with Gasteiger partial charge in [-0.3, -0.25) is 0 Å². The van der Waals surface area contributed by atoms with E-state index in [0.717, 1.165) is 37.9 Å². The van der Waals surface area contributed by atoms with Gasteiger partial charge in [-0.15, -0.1) is 0 Å². The van der Waals surface area contributed by atoms with Crippen LogP contribution in [-0.2, 0) is 0 Å².